The third kappa shape index (κ3) is 3.36. The fraction of sp³-hybridized carbons (Fsp3) is 0.300. The minimum Gasteiger partial charge on any atom is -0.379 e. The second-order valence-electron chi connectivity index (χ2n) is 7.13. The molecule has 160 valence electrons. The predicted octanol–water partition coefficient (Wildman–Crippen LogP) is 4.18. The molecule has 1 fully saturated rings. The number of carbonyl (C=O) groups is 1. The van der Waals surface area contributed by atoms with E-state index < -0.39 is 54.3 Å². The molecule has 0 radical (unpaired) electrons. The molecule has 0 bridgehead atoms. The molecule has 1 aliphatic rings. The molecule has 8 nitrogen and oxygen atoms in total. The van der Waals surface area contributed by atoms with Crippen molar-refractivity contribution in [1.29, 1.82) is 0 Å². The van der Waals surface area contributed by atoms with Crippen LogP contribution in [-0.2, 0) is 4.79 Å². The molecule has 2 unspecified atom stereocenters. The predicted molar refractivity (Wildman–Crippen MR) is 113 cm³/mol. The Morgan fingerprint density at radius 2 is 2.23 bits per heavy atom. The molecule has 1 aromatic carbocycles. The maximum atomic E-state index is 15.5. The van der Waals surface area contributed by atoms with Crippen LogP contribution in [0.2, 0.25) is 5.02 Å². The Morgan fingerprint density at radius 1 is 1.42 bits per heavy atom. The Labute approximate surface area is 188 Å². The number of halogens is 3. The second-order valence-corrected chi connectivity index (χ2v) is 7.50. The molecule has 3 aromatic heterocycles. The maximum Gasteiger partial charge on any atom is 0.231 e. The summed E-state index contributed by atoms with van der Waals surface area (Å²) < 4.78 is 75.7. The summed E-state index contributed by atoms with van der Waals surface area (Å²) in [7, 11) is 0. The number of amides is 1. The van der Waals surface area contributed by atoms with Gasteiger partial charge in [0.2, 0.25) is 5.91 Å². The first-order chi connectivity index (χ1) is 17.3. The molecular formula is C20H18ClF2N7O. The summed E-state index contributed by atoms with van der Waals surface area (Å²) in [6, 6.07) is -2.08. The number of rotatable bonds is 5. The Kier molecular flexibility index (Phi) is 3.21. The van der Waals surface area contributed by atoms with Crippen LogP contribution in [0.1, 0.15) is 28.3 Å². The van der Waals surface area contributed by atoms with Crippen LogP contribution < -0.4 is 10.6 Å². The first-order valence-electron chi connectivity index (χ1n) is 12.2. The highest BCUT2D eigenvalue weighted by atomic mass is 35.5. The van der Waals surface area contributed by atoms with Crippen LogP contribution in [0.25, 0.3) is 27.8 Å². The molecule has 4 aromatic rings. The summed E-state index contributed by atoms with van der Waals surface area (Å²) in [6.07, 6.45) is 4.62. The number of aromatic nitrogens is 5. The van der Waals surface area contributed by atoms with E-state index >= 15 is 4.39 Å². The van der Waals surface area contributed by atoms with E-state index in [4.69, 9.17) is 19.8 Å². The van der Waals surface area contributed by atoms with Crippen LogP contribution in [0.15, 0.2) is 24.8 Å². The van der Waals surface area contributed by atoms with Crippen LogP contribution in [0.3, 0.4) is 0 Å². The van der Waals surface area contributed by atoms with E-state index in [1.165, 1.54) is 29.2 Å². The van der Waals surface area contributed by atoms with E-state index in [0.29, 0.717) is 5.65 Å². The van der Waals surface area contributed by atoms with E-state index in [1.807, 2.05) is 0 Å². The summed E-state index contributed by atoms with van der Waals surface area (Å²) in [4.78, 5) is 20.5. The summed E-state index contributed by atoms with van der Waals surface area (Å²) in [5, 5.41) is 11.1. The van der Waals surface area contributed by atoms with Crippen molar-refractivity contribution >= 4 is 45.6 Å². The fourth-order valence-electron chi connectivity index (χ4n) is 3.39. The lowest BCUT2D eigenvalue weighted by Gasteiger charge is -2.15. The number of anilines is 2. The van der Waals surface area contributed by atoms with Gasteiger partial charge in [-0.1, -0.05) is 11.6 Å². The van der Waals surface area contributed by atoms with Gasteiger partial charge in [0, 0.05) is 31.4 Å². The first kappa shape index (κ1) is 13.9. The molecule has 1 saturated carbocycles. The average molecular weight is 452 g/mol. The lowest BCUT2D eigenvalue weighted by molar-refractivity contribution is -0.117. The van der Waals surface area contributed by atoms with Crippen LogP contribution >= 0.6 is 11.6 Å². The zero-order valence-corrected chi connectivity index (χ0v) is 16.3. The van der Waals surface area contributed by atoms with Crippen LogP contribution in [0, 0.1) is 11.7 Å². The first-order valence-corrected chi connectivity index (χ1v) is 9.54. The van der Waals surface area contributed by atoms with E-state index in [0.717, 1.165) is 0 Å². The minimum absolute atomic E-state index is 0.0129. The quantitative estimate of drug-likeness (QED) is 0.422. The molecule has 1 aliphatic carbocycles. The van der Waals surface area contributed by atoms with Gasteiger partial charge in [0.25, 0.3) is 0 Å². The lowest BCUT2D eigenvalue weighted by Crippen LogP contribution is -2.15. The smallest absolute Gasteiger partial charge is 0.231 e. The lowest BCUT2D eigenvalue weighted by atomic mass is 10.1. The maximum absolute atomic E-state index is 15.5. The van der Waals surface area contributed by atoms with Gasteiger partial charge >= 0.3 is 0 Å². The van der Waals surface area contributed by atoms with Crippen molar-refractivity contribution in [3.05, 3.63) is 35.6 Å². The standard InChI is InChI=1S/C20H18ClF2N7O/c1-8(2)26-19-17(23)16(21)15(10-4-25-29-18(10)19)12-6-30-7-13(27-14(30)5-24-12)28-20(31)9-3-11(9)22/h4-9,11,26H,3H2,1-2H3,(H,25,29)(H,28,31)/i1D3,2D3. The summed E-state index contributed by atoms with van der Waals surface area (Å²) in [5.74, 6) is -2.10. The van der Waals surface area contributed by atoms with Crippen molar-refractivity contribution in [2.45, 2.75) is 32.3 Å². The molecule has 0 aliphatic heterocycles. The molecule has 1 amide bonds. The largest absolute Gasteiger partial charge is 0.379 e. The van der Waals surface area contributed by atoms with Gasteiger partial charge in [0.1, 0.15) is 6.17 Å². The number of nitrogens with one attached hydrogen (secondary N) is 3. The minimum atomic E-state index is -2.99. The van der Waals surface area contributed by atoms with Gasteiger partial charge < -0.3 is 15.0 Å². The van der Waals surface area contributed by atoms with Crippen LogP contribution in [0.4, 0.5) is 20.3 Å². The fourth-order valence-corrected chi connectivity index (χ4v) is 3.68. The number of benzene rings is 1. The highest BCUT2D eigenvalue weighted by molar-refractivity contribution is 6.35. The highest BCUT2D eigenvalue weighted by Crippen LogP contribution is 2.41. The third-order valence-electron chi connectivity index (χ3n) is 4.98. The van der Waals surface area contributed by atoms with Gasteiger partial charge in [-0.25, -0.2) is 13.8 Å². The molecule has 11 heteroatoms. The number of hydrogen-bond acceptors (Lipinski definition) is 5. The zero-order valence-electron chi connectivity index (χ0n) is 21.6. The molecular weight excluding hydrogens is 428 g/mol. The Hall–Kier alpha value is -3.27. The monoisotopic (exact) mass is 451 g/mol. The van der Waals surface area contributed by atoms with Crippen molar-refractivity contribution < 1.29 is 21.8 Å². The van der Waals surface area contributed by atoms with Crippen molar-refractivity contribution in [1.82, 2.24) is 24.6 Å². The van der Waals surface area contributed by atoms with Crippen LogP contribution in [-0.4, -0.2) is 42.7 Å². The van der Waals surface area contributed by atoms with E-state index in [-0.39, 0.29) is 34.4 Å². The van der Waals surface area contributed by atoms with E-state index in [1.54, 1.807) is 0 Å². The molecule has 2 atom stereocenters. The topological polar surface area (TPSA) is 100 Å². The van der Waals surface area contributed by atoms with Crippen molar-refractivity contribution in [2.75, 3.05) is 10.6 Å². The SMILES string of the molecule is [2H]C([2H])([2H])C(Nc1c(F)c(Cl)c(-c2cn3cc(NC(=O)C4CC4F)nc3cn2)c2cn[nH]c12)C([2H])([2H])[2H]. The third-order valence-corrected chi connectivity index (χ3v) is 5.33. The molecule has 3 heterocycles. The highest BCUT2D eigenvalue weighted by Gasteiger charge is 2.43. The second kappa shape index (κ2) is 7.16. The zero-order chi connectivity index (χ0) is 26.9. The number of aromatic amines is 1. The Bertz CT molecular complexity index is 1520. The van der Waals surface area contributed by atoms with Gasteiger partial charge in [0.05, 0.1) is 46.4 Å². The molecule has 0 spiro atoms. The van der Waals surface area contributed by atoms with E-state index in [2.05, 4.69) is 30.8 Å². The number of H-pyrrole nitrogens is 1. The number of carbonyl (C=O) groups excluding carboxylic acids is 1. The molecule has 31 heavy (non-hydrogen) atoms. The molecule has 5 rings (SSSR count). The number of nitrogens with zero attached hydrogens (tertiary/aromatic N) is 4. The van der Waals surface area contributed by atoms with Gasteiger partial charge in [0.15, 0.2) is 17.3 Å². The van der Waals surface area contributed by atoms with Gasteiger partial charge in [-0.15, -0.1) is 0 Å². The van der Waals surface area contributed by atoms with Crippen molar-refractivity contribution in [2.24, 2.45) is 5.92 Å². The number of imidazole rings is 1. The number of alkyl halides is 1. The Morgan fingerprint density at radius 3 is 2.97 bits per heavy atom. The summed E-state index contributed by atoms with van der Waals surface area (Å²) in [6.45, 7) is -5.97. The summed E-state index contributed by atoms with van der Waals surface area (Å²) >= 11 is 6.37. The summed E-state index contributed by atoms with van der Waals surface area (Å²) in [5.41, 5.74) is 0.147. The number of fused-ring (bicyclic) bond motifs is 2. The normalized spacial score (nSPS) is 21.8. The molecule has 0 saturated heterocycles. The van der Waals surface area contributed by atoms with Crippen molar-refractivity contribution in [3.8, 4) is 11.3 Å². The number of hydrogen-bond donors (Lipinski definition) is 3. The van der Waals surface area contributed by atoms with Gasteiger partial charge in [-0.05, 0) is 20.1 Å². The average Bonchev–Trinajstić information content (AvgIpc) is 3.15. The van der Waals surface area contributed by atoms with Gasteiger partial charge in [-0.2, -0.15) is 5.10 Å². The molecule has 3 N–H and O–H groups in total. The van der Waals surface area contributed by atoms with Crippen molar-refractivity contribution in [3.63, 3.8) is 0 Å². The van der Waals surface area contributed by atoms with Crippen LogP contribution in [0.5, 0.6) is 0 Å². The van der Waals surface area contributed by atoms with Gasteiger partial charge in [-0.3, -0.25) is 14.9 Å². The Balaban J connectivity index is 1.55. The van der Waals surface area contributed by atoms with E-state index in [9.17, 15) is 9.18 Å².